The minimum atomic E-state index is -0.403. The topological polar surface area (TPSA) is 52.6 Å². The predicted molar refractivity (Wildman–Crippen MR) is 93.4 cm³/mol. The summed E-state index contributed by atoms with van der Waals surface area (Å²) in [7, 11) is 0. The number of likely N-dealkylation sites (N-methyl/N-ethyl adjacent to an activating group) is 1. The van der Waals surface area contributed by atoms with Crippen LogP contribution in [0.4, 0.5) is 11.4 Å². The highest BCUT2D eigenvalue weighted by Gasteiger charge is 2.39. The number of nitrogens with zero attached hydrogens (tertiary/aromatic N) is 1. The van der Waals surface area contributed by atoms with E-state index in [1.807, 2.05) is 18.2 Å². The van der Waals surface area contributed by atoms with E-state index in [1.54, 1.807) is 12.1 Å². The summed E-state index contributed by atoms with van der Waals surface area (Å²) in [5, 5.41) is 13.7. The first-order valence-corrected chi connectivity index (χ1v) is 8.05. The van der Waals surface area contributed by atoms with Gasteiger partial charge in [0.2, 0.25) is 0 Å². The lowest BCUT2D eigenvalue weighted by Gasteiger charge is -2.46. The summed E-state index contributed by atoms with van der Waals surface area (Å²) in [6.07, 6.45) is 1.56. The first kappa shape index (κ1) is 15.4. The summed E-state index contributed by atoms with van der Waals surface area (Å²) in [5.74, 6) is 0.0361. The summed E-state index contributed by atoms with van der Waals surface area (Å²) >= 11 is 0. The van der Waals surface area contributed by atoms with Crippen molar-refractivity contribution in [3.8, 4) is 5.75 Å². The van der Waals surface area contributed by atoms with Crippen molar-refractivity contribution >= 4 is 17.7 Å². The van der Waals surface area contributed by atoms with Gasteiger partial charge in [0.05, 0.1) is 22.5 Å². The van der Waals surface area contributed by atoms with E-state index >= 15 is 0 Å². The number of anilines is 2. The molecule has 4 nitrogen and oxygen atoms in total. The predicted octanol–water partition coefficient (Wildman–Crippen LogP) is 3.76. The number of hydrogen-bond donors (Lipinski definition) is 2. The van der Waals surface area contributed by atoms with Gasteiger partial charge in [0.1, 0.15) is 5.75 Å². The second-order valence-electron chi connectivity index (χ2n) is 5.95. The second-order valence-corrected chi connectivity index (χ2v) is 5.95. The molecule has 0 fully saturated rings. The van der Waals surface area contributed by atoms with Crippen molar-refractivity contribution in [3.63, 3.8) is 0 Å². The number of aldehydes is 1. The van der Waals surface area contributed by atoms with E-state index in [9.17, 15) is 9.90 Å². The smallest absolute Gasteiger partial charge is 0.154 e. The minimum Gasteiger partial charge on any atom is -0.507 e. The van der Waals surface area contributed by atoms with Gasteiger partial charge in [-0.1, -0.05) is 31.2 Å². The third kappa shape index (κ3) is 2.44. The third-order valence-corrected chi connectivity index (χ3v) is 4.78. The quantitative estimate of drug-likeness (QED) is 0.844. The molecule has 1 aliphatic rings. The molecule has 2 N–H and O–H groups in total. The van der Waals surface area contributed by atoms with Gasteiger partial charge in [-0.15, -0.1) is 0 Å². The molecule has 0 bridgehead atoms. The van der Waals surface area contributed by atoms with E-state index in [-0.39, 0.29) is 5.75 Å². The molecule has 3 rings (SSSR count). The number of rotatable bonds is 4. The maximum absolute atomic E-state index is 11.5. The van der Waals surface area contributed by atoms with Crippen LogP contribution in [0.3, 0.4) is 0 Å². The van der Waals surface area contributed by atoms with Crippen molar-refractivity contribution in [3.05, 3.63) is 53.6 Å². The van der Waals surface area contributed by atoms with E-state index in [0.717, 1.165) is 37.0 Å². The summed E-state index contributed by atoms with van der Waals surface area (Å²) in [6.45, 7) is 5.87. The number of phenolic OH excluding ortho intramolecular Hbond substituents is 1. The van der Waals surface area contributed by atoms with Crippen LogP contribution in [0.15, 0.2) is 42.5 Å². The van der Waals surface area contributed by atoms with Crippen LogP contribution in [0.1, 0.15) is 36.2 Å². The third-order valence-electron chi connectivity index (χ3n) is 4.78. The zero-order chi connectivity index (χ0) is 16.4. The number of nitrogens with one attached hydrogen (secondary N) is 1. The van der Waals surface area contributed by atoms with Crippen LogP contribution in [0.5, 0.6) is 5.75 Å². The Morgan fingerprint density at radius 3 is 2.70 bits per heavy atom. The Kier molecular flexibility index (Phi) is 3.99. The Morgan fingerprint density at radius 2 is 2.00 bits per heavy atom. The van der Waals surface area contributed by atoms with Gasteiger partial charge in [0.15, 0.2) is 6.29 Å². The lowest BCUT2D eigenvalue weighted by atomic mass is 9.81. The van der Waals surface area contributed by atoms with Crippen molar-refractivity contribution in [2.75, 3.05) is 23.3 Å². The van der Waals surface area contributed by atoms with Crippen LogP contribution in [0.25, 0.3) is 0 Å². The monoisotopic (exact) mass is 310 g/mol. The fourth-order valence-electron chi connectivity index (χ4n) is 3.48. The average molecular weight is 310 g/mol. The summed E-state index contributed by atoms with van der Waals surface area (Å²) in [4.78, 5) is 13.9. The Bertz CT molecular complexity index is 729. The molecule has 23 heavy (non-hydrogen) atoms. The number of fused-ring (bicyclic) bond motifs is 1. The van der Waals surface area contributed by atoms with Crippen LogP contribution >= 0.6 is 0 Å². The van der Waals surface area contributed by atoms with Crippen molar-refractivity contribution < 1.29 is 9.90 Å². The Hall–Kier alpha value is -2.49. The number of para-hydroxylation sites is 2. The fraction of sp³-hybridized carbons (Fsp3) is 0.316. The summed E-state index contributed by atoms with van der Waals surface area (Å²) in [5.41, 5.74) is 3.05. The molecule has 0 spiro atoms. The van der Waals surface area contributed by atoms with Crippen LogP contribution in [0.2, 0.25) is 0 Å². The lowest BCUT2D eigenvalue weighted by Crippen LogP contribution is -2.50. The van der Waals surface area contributed by atoms with Crippen LogP contribution in [0, 0.1) is 0 Å². The maximum Gasteiger partial charge on any atom is 0.154 e. The summed E-state index contributed by atoms with van der Waals surface area (Å²) < 4.78 is 0. The van der Waals surface area contributed by atoms with E-state index < -0.39 is 5.54 Å². The van der Waals surface area contributed by atoms with Gasteiger partial charge < -0.3 is 15.3 Å². The average Bonchev–Trinajstić information content (AvgIpc) is 2.60. The highest BCUT2D eigenvalue weighted by Crippen LogP contribution is 2.42. The number of phenols is 1. The molecule has 1 aliphatic heterocycles. The number of carbonyl (C=O) groups excluding carboxylic acids is 1. The lowest BCUT2D eigenvalue weighted by molar-refractivity contribution is 0.111. The van der Waals surface area contributed by atoms with Crippen molar-refractivity contribution in [1.82, 2.24) is 0 Å². The van der Waals surface area contributed by atoms with E-state index in [0.29, 0.717) is 5.56 Å². The molecule has 0 radical (unpaired) electrons. The van der Waals surface area contributed by atoms with Crippen molar-refractivity contribution in [1.29, 1.82) is 0 Å². The molecule has 4 heteroatoms. The van der Waals surface area contributed by atoms with Gasteiger partial charge >= 0.3 is 0 Å². The van der Waals surface area contributed by atoms with Crippen molar-refractivity contribution in [2.24, 2.45) is 0 Å². The van der Waals surface area contributed by atoms with Crippen LogP contribution in [-0.2, 0) is 5.54 Å². The van der Waals surface area contributed by atoms with E-state index in [4.69, 9.17) is 0 Å². The summed E-state index contributed by atoms with van der Waals surface area (Å²) in [6, 6.07) is 13.5. The Balaban J connectivity index is 2.17. The molecule has 1 atom stereocenters. The number of hydrogen-bond acceptors (Lipinski definition) is 4. The van der Waals surface area contributed by atoms with Gasteiger partial charge in [-0.05, 0) is 37.1 Å². The standard InChI is InChI=1S/C19H22N2O2/c1-3-19(15-8-7-11-18(23)14(15)12-22)13-21(4-2)17-10-6-5-9-16(17)20-19/h5-12,20,23H,3-4,13H2,1-2H3. The molecule has 1 heterocycles. The molecule has 0 saturated carbocycles. The van der Waals surface area contributed by atoms with Gasteiger partial charge in [0.25, 0.3) is 0 Å². The largest absolute Gasteiger partial charge is 0.507 e. The maximum atomic E-state index is 11.5. The van der Waals surface area contributed by atoms with Crippen molar-refractivity contribution in [2.45, 2.75) is 25.8 Å². The van der Waals surface area contributed by atoms with E-state index in [2.05, 4.69) is 36.2 Å². The first-order valence-electron chi connectivity index (χ1n) is 8.05. The molecule has 1 unspecified atom stereocenters. The molecule has 0 aromatic heterocycles. The highest BCUT2D eigenvalue weighted by atomic mass is 16.3. The molecule has 120 valence electrons. The molecule has 0 amide bonds. The van der Waals surface area contributed by atoms with E-state index in [1.165, 1.54) is 5.69 Å². The van der Waals surface area contributed by atoms with Gasteiger partial charge in [-0.2, -0.15) is 0 Å². The molecule has 2 aromatic rings. The van der Waals surface area contributed by atoms with Crippen LogP contribution in [-0.4, -0.2) is 24.5 Å². The molecule has 0 aliphatic carbocycles. The van der Waals surface area contributed by atoms with Crippen LogP contribution < -0.4 is 10.2 Å². The Labute approximate surface area is 136 Å². The molecule has 0 saturated heterocycles. The molecular formula is C19H22N2O2. The van der Waals surface area contributed by atoms with Gasteiger partial charge in [-0.25, -0.2) is 0 Å². The highest BCUT2D eigenvalue weighted by molar-refractivity contribution is 5.84. The van der Waals surface area contributed by atoms with Gasteiger partial charge in [0, 0.05) is 13.1 Å². The molecular weight excluding hydrogens is 288 g/mol. The number of carbonyl (C=O) groups is 1. The van der Waals surface area contributed by atoms with Gasteiger partial charge in [-0.3, -0.25) is 4.79 Å². The normalized spacial score (nSPS) is 19.8. The SMILES string of the molecule is CCN1CC(CC)(c2cccc(O)c2C=O)Nc2ccccc21. The zero-order valence-corrected chi connectivity index (χ0v) is 13.5. The number of aromatic hydroxyl groups is 1. The fourth-order valence-corrected chi connectivity index (χ4v) is 3.48. The number of benzene rings is 2. The second kappa shape index (κ2) is 5.95. The molecule has 2 aromatic carbocycles. The zero-order valence-electron chi connectivity index (χ0n) is 13.5. The Morgan fingerprint density at radius 1 is 1.22 bits per heavy atom. The first-order chi connectivity index (χ1) is 11.1. The minimum absolute atomic E-state index is 0.0361.